The SMILES string of the molecule is NCc1cccc(OCc2nc(N)nc(N)n2)c1. The fourth-order valence-electron chi connectivity index (χ4n) is 1.43. The van der Waals surface area contributed by atoms with E-state index in [0.717, 1.165) is 5.56 Å². The molecule has 0 saturated carbocycles. The van der Waals surface area contributed by atoms with Crippen LogP contribution in [0.1, 0.15) is 11.4 Å². The first-order chi connectivity index (χ1) is 8.67. The van der Waals surface area contributed by atoms with Crippen LogP contribution < -0.4 is 21.9 Å². The molecule has 0 aliphatic carbocycles. The van der Waals surface area contributed by atoms with E-state index in [1.165, 1.54) is 0 Å². The highest BCUT2D eigenvalue weighted by Crippen LogP contribution is 2.14. The molecule has 7 nitrogen and oxygen atoms in total. The zero-order valence-corrected chi connectivity index (χ0v) is 9.71. The standard InChI is InChI=1S/C11H14N6O/c12-5-7-2-1-3-8(4-7)18-6-9-15-10(13)17-11(14)16-9/h1-4H,5-6,12H2,(H4,13,14,15,16,17). The molecular formula is C11H14N6O. The highest BCUT2D eigenvalue weighted by Gasteiger charge is 2.03. The number of hydrogen-bond acceptors (Lipinski definition) is 7. The first-order valence-corrected chi connectivity index (χ1v) is 5.35. The van der Waals surface area contributed by atoms with Gasteiger partial charge >= 0.3 is 0 Å². The molecule has 6 N–H and O–H groups in total. The Hall–Kier alpha value is -2.41. The Labute approximate surface area is 104 Å². The molecule has 1 aromatic carbocycles. The predicted octanol–water partition coefficient (Wildman–Crippen LogP) is 0.0737. The number of hydrogen-bond donors (Lipinski definition) is 3. The predicted molar refractivity (Wildman–Crippen MR) is 67.3 cm³/mol. The van der Waals surface area contributed by atoms with Gasteiger partial charge in [-0.1, -0.05) is 12.1 Å². The number of ether oxygens (including phenoxy) is 1. The number of nitrogens with zero attached hydrogens (tertiary/aromatic N) is 3. The van der Waals surface area contributed by atoms with Crippen LogP contribution in [-0.4, -0.2) is 15.0 Å². The number of nitrogen functional groups attached to an aromatic ring is 2. The molecule has 94 valence electrons. The number of aromatic nitrogens is 3. The smallest absolute Gasteiger partial charge is 0.225 e. The van der Waals surface area contributed by atoms with Crippen LogP contribution in [0.5, 0.6) is 5.75 Å². The van der Waals surface area contributed by atoms with E-state index in [9.17, 15) is 0 Å². The Morgan fingerprint density at radius 3 is 2.44 bits per heavy atom. The van der Waals surface area contributed by atoms with E-state index in [1.807, 2.05) is 24.3 Å². The summed E-state index contributed by atoms with van der Waals surface area (Å²) in [7, 11) is 0. The summed E-state index contributed by atoms with van der Waals surface area (Å²) >= 11 is 0. The van der Waals surface area contributed by atoms with Crippen LogP contribution in [0, 0.1) is 0 Å². The Bertz CT molecular complexity index is 525. The molecule has 0 radical (unpaired) electrons. The van der Waals surface area contributed by atoms with Crippen molar-refractivity contribution in [2.75, 3.05) is 11.5 Å². The summed E-state index contributed by atoms with van der Waals surface area (Å²) in [5.74, 6) is 1.24. The van der Waals surface area contributed by atoms with Gasteiger partial charge in [0.1, 0.15) is 12.4 Å². The summed E-state index contributed by atoms with van der Waals surface area (Å²) in [5, 5.41) is 0. The zero-order valence-electron chi connectivity index (χ0n) is 9.71. The van der Waals surface area contributed by atoms with Crippen LogP contribution in [0.25, 0.3) is 0 Å². The maximum Gasteiger partial charge on any atom is 0.225 e. The van der Waals surface area contributed by atoms with Crippen LogP contribution in [0.15, 0.2) is 24.3 Å². The lowest BCUT2D eigenvalue weighted by Crippen LogP contribution is -2.09. The van der Waals surface area contributed by atoms with Gasteiger partial charge in [0, 0.05) is 6.54 Å². The van der Waals surface area contributed by atoms with Gasteiger partial charge in [0.25, 0.3) is 0 Å². The Morgan fingerprint density at radius 2 is 1.78 bits per heavy atom. The van der Waals surface area contributed by atoms with Crippen molar-refractivity contribution >= 4 is 11.9 Å². The molecule has 0 fully saturated rings. The van der Waals surface area contributed by atoms with E-state index < -0.39 is 0 Å². The Morgan fingerprint density at radius 1 is 1.06 bits per heavy atom. The van der Waals surface area contributed by atoms with E-state index in [1.54, 1.807) is 0 Å². The van der Waals surface area contributed by atoms with Crippen LogP contribution in [-0.2, 0) is 13.2 Å². The molecule has 1 heterocycles. The van der Waals surface area contributed by atoms with Gasteiger partial charge in [-0.25, -0.2) is 0 Å². The minimum absolute atomic E-state index is 0.0804. The largest absolute Gasteiger partial charge is 0.486 e. The van der Waals surface area contributed by atoms with E-state index >= 15 is 0 Å². The van der Waals surface area contributed by atoms with Gasteiger partial charge < -0.3 is 21.9 Å². The lowest BCUT2D eigenvalue weighted by Gasteiger charge is -2.07. The highest BCUT2D eigenvalue weighted by atomic mass is 16.5. The number of nitrogens with two attached hydrogens (primary N) is 3. The van der Waals surface area contributed by atoms with Gasteiger partial charge in [0.15, 0.2) is 5.82 Å². The van der Waals surface area contributed by atoms with Crippen molar-refractivity contribution in [2.45, 2.75) is 13.2 Å². The lowest BCUT2D eigenvalue weighted by atomic mass is 10.2. The van der Waals surface area contributed by atoms with Crippen LogP contribution in [0.3, 0.4) is 0 Å². The summed E-state index contributed by atoms with van der Waals surface area (Å²) in [6.45, 7) is 0.633. The molecule has 2 aromatic rings. The summed E-state index contributed by atoms with van der Waals surface area (Å²) in [5.41, 5.74) is 17.5. The van der Waals surface area contributed by atoms with Crippen molar-refractivity contribution in [3.8, 4) is 5.75 Å². The first kappa shape index (κ1) is 12.1. The van der Waals surface area contributed by atoms with Crippen molar-refractivity contribution in [1.82, 2.24) is 15.0 Å². The highest BCUT2D eigenvalue weighted by molar-refractivity contribution is 5.29. The summed E-state index contributed by atoms with van der Waals surface area (Å²) in [6.07, 6.45) is 0. The minimum Gasteiger partial charge on any atom is -0.486 e. The zero-order chi connectivity index (χ0) is 13.0. The fourth-order valence-corrected chi connectivity index (χ4v) is 1.43. The van der Waals surface area contributed by atoms with E-state index in [2.05, 4.69) is 15.0 Å². The molecule has 0 unspecified atom stereocenters. The average Bonchev–Trinajstić information content (AvgIpc) is 2.35. The Balaban J connectivity index is 2.06. The van der Waals surface area contributed by atoms with Gasteiger partial charge in [-0.3, -0.25) is 0 Å². The van der Waals surface area contributed by atoms with Crippen molar-refractivity contribution in [2.24, 2.45) is 5.73 Å². The van der Waals surface area contributed by atoms with E-state index in [4.69, 9.17) is 21.9 Å². The van der Waals surface area contributed by atoms with Gasteiger partial charge in [-0.15, -0.1) is 0 Å². The molecule has 0 spiro atoms. The van der Waals surface area contributed by atoms with Gasteiger partial charge in [0.2, 0.25) is 11.9 Å². The topological polar surface area (TPSA) is 126 Å². The summed E-state index contributed by atoms with van der Waals surface area (Å²) < 4.78 is 5.53. The third-order valence-electron chi connectivity index (χ3n) is 2.22. The average molecular weight is 246 g/mol. The van der Waals surface area contributed by atoms with Gasteiger partial charge in [0.05, 0.1) is 0 Å². The number of benzene rings is 1. The van der Waals surface area contributed by atoms with Crippen LogP contribution >= 0.6 is 0 Å². The van der Waals surface area contributed by atoms with Crippen molar-refractivity contribution < 1.29 is 4.74 Å². The second-order valence-electron chi connectivity index (χ2n) is 3.61. The molecule has 1 aromatic heterocycles. The van der Waals surface area contributed by atoms with E-state index in [-0.39, 0.29) is 18.5 Å². The maximum absolute atomic E-state index is 5.54. The molecule has 18 heavy (non-hydrogen) atoms. The summed E-state index contributed by atoms with van der Waals surface area (Å²) in [6, 6.07) is 7.47. The Kier molecular flexibility index (Phi) is 3.54. The molecule has 0 atom stereocenters. The quantitative estimate of drug-likeness (QED) is 0.696. The fraction of sp³-hybridized carbons (Fsp3) is 0.182. The third-order valence-corrected chi connectivity index (χ3v) is 2.22. The molecule has 0 saturated heterocycles. The van der Waals surface area contributed by atoms with E-state index in [0.29, 0.717) is 18.1 Å². The van der Waals surface area contributed by atoms with Gasteiger partial charge in [-0.05, 0) is 17.7 Å². The van der Waals surface area contributed by atoms with Crippen molar-refractivity contribution in [3.63, 3.8) is 0 Å². The molecule has 7 heteroatoms. The summed E-state index contributed by atoms with van der Waals surface area (Å²) in [4.78, 5) is 11.5. The van der Waals surface area contributed by atoms with Crippen LogP contribution in [0.4, 0.5) is 11.9 Å². The second-order valence-corrected chi connectivity index (χ2v) is 3.61. The number of anilines is 2. The number of rotatable bonds is 4. The molecular weight excluding hydrogens is 232 g/mol. The van der Waals surface area contributed by atoms with Crippen molar-refractivity contribution in [1.29, 1.82) is 0 Å². The first-order valence-electron chi connectivity index (χ1n) is 5.35. The van der Waals surface area contributed by atoms with Gasteiger partial charge in [-0.2, -0.15) is 15.0 Å². The monoisotopic (exact) mass is 246 g/mol. The minimum atomic E-state index is 0.0804. The normalized spacial score (nSPS) is 10.3. The molecule has 0 bridgehead atoms. The molecule has 0 aliphatic heterocycles. The third kappa shape index (κ3) is 3.05. The molecule has 0 aliphatic rings. The lowest BCUT2D eigenvalue weighted by molar-refractivity contribution is 0.295. The molecule has 0 amide bonds. The van der Waals surface area contributed by atoms with Crippen molar-refractivity contribution in [3.05, 3.63) is 35.7 Å². The maximum atomic E-state index is 5.54. The van der Waals surface area contributed by atoms with Crippen LogP contribution in [0.2, 0.25) is 0 Å². The molecule has 2 rings (SSSR count). The second kappa shape index (κ2) is 5.28.